The molecule has 2 heterocycles. The lowest BCUT2D eigenvalue weighted by atomic mass is 9.99. The van der Waals surface area contributed by atoms with Gasteiger partial charge in [0.05, 0.1) is 5.92 Å². The van der Waals surface area contributed by atoms with Gasteiger partial charge in [-0.2, -0.15) is 0 Å². The monoisotopic (exact) mass is 271 g/mol. The summed E-state index contributed by atoms with van der Waals surface area (Å²) < 4.78 is 0. The maximum Gasteiger partial charge on any atom is 0.224 e. The molecular weight excluding hydrogens is 250 g/mol. The second-order valence-electron chi connectivity index (χ2n) is 5.44. The smallest absolute Gasteiger partial charge is 0.224 e. The van der Waals surface area contributed by atoms with Crippen LogP contribution in [0.15, 0.2) is 30.5 Å². The molecule has 2 aromatic rings. The average molecular weight is 271 g/mol. The number of nitrogens with one attached hydrogen (secondary N) is 3. The quantitative estimate of drug-likeness (QED) is 0.794. The first-order chi connectivity index (χ1) is 9.84. The van der Waals surface area contributed by atoms with Crippen LogP contribution in [0.25, 0.3) is 10.9 Å². The Labute approximate surface area is 118 Å². The Morgan fingerprint density at radius 1 is 1.35 bits per heavy atom. The third kappa shape index (κ3) is 2.85. The molecule has 1 unspecified atom stereocenters. The standard InChI is InChI=1S/C16H21N3O/c20-16(13-4-3-8-17-10-13)18-9-7-12-11-19-15-6-2-1-5-14(12)15/h1-2,5-6,11,13,17,19H,3-4,7-10H2,(H,18,20). The van der Waals surface area contributed by atoms with Gasteiger partial charge in [-0.25, -0.2) is 0 Å². The number of rotatable bonds is 4. The van der Waals surface area contributed by atoms with E-state index in [0.29, 0.717) is 6.54 Å². The molecule has 4 heteroatoms. The Balaban J connectivity index is 1.53. The van der Waals surface area contributed by atoms with Crippen molar-refractivity contribution < 1.29 is 4.79 Å². The summed E-state index contributed by atoms with van der Waals surface area (Å²) in [6.45, 7) is 2.56. The topological polar surface area (TPSA) is 56.9 Å². The van der Waals surface area contributed by atoms with Gasteiger partial charge in [-0.05, 0) is 37.4 Å². The fourth-order valence-electron chi connectivity index (χ4n) is 2.88. The number of carbonyl (C=O) groups is 1. The number of aromatic amines is 1. The number of fused-ring (bicyclic) bond motifs is 1. The summed E-state index contributed by atoms with van der Waals surface area (Å²) in [7, 11) is 0. The van der Waals surface area contributed by atoms with Gasteiger partial charge < -0.3 is 15.6 Å². The Hall–Kier alpha value is -1.81. The van der Waals surface area contributed by atoms with Crippen LogP contribution in [0.1, 0.15) is 18.4 Å². The number of aromatic nitrogens is 1. The predicted octanol–water partition coefficient (Wildman–Crippen LogP) is 1.83. The molecule has 0 radical (unpaired) electrons. The largest absolute Gasteiger partial charge is 0.361 e. The van der Waals surface area contributed by atoms with E-state index in [1.54, 1.807) is 0 Å². The van der Waals surface area contributed by atoms with Crippen LogP contribution in [-0.4, -0.2) is 30.5 Å². The van der Waals surface area contributed by atoms with E-state index in [1.165, 1.54) is 10.9 Å². The minimum absolute atomic E-state index is 0.145. The van der Waals surface area contributed by atoms with Gasteiger partial charge in [0.25, 0.3) is 0 Å². The highest BCUT2D eigenvalue weighted by molar-refractivity contribution is 5.83. The zero-order valence-electron chi connectivity index (χ0n) is 11.6. The SMILES string of the molecule is O=C(NCCc1c[nH]c2ccccc12)C1CCCNC1. The van der Waals surface area contributed by atoms with Crippen LogP contribution in [0.3, 0.4) is 0 Å². The highest BCUT2D eigenvalue weighted by atomic mass is 16.1. The van der Waals surface area contributed by atoms with E-state index in [0.717, 1.165) is 37.9 Å². The van der Waals surface area contributed by atoms with E-state index in [1.807, 2.05) is 18.3 Å². The predicted molar refractivity (Wildman–Crippen MR) is 80.6 cm³/mol. The van der Waals surface area contributed by atoms with Crippen molar-refractivity contribution in [1.82, 2.24) is 15.6 Å². The third-order valence-corrected chi connectivity index (χ3v) is 4.04. The molecule has 1 aromatic heterocycles. The zero-order valence-corrected chi connectivity index (χ0v) is 11.6. The molecule has 1 atom stereocenters. The number of piperidine rings is 1. The van der Waals surface area contributed by atoms with Crippen LogP contribution >= 0.6 is 0 Å². The second kappa shape index (κ2) is 6.09. The first-order valence-electron chi connectivity index (χ1n) is 7.38. The third-order valence-electron chi connectivity index (χ3n) is 4.04. The van der Waals surface area contributed by atoms with E-state index in [2.05, 4.69) is 27.8 Å². The van der Waals surface area contributed by atoms with Crippen molar-refractivity contribution in [3.8, 4) is 0 Å². The minimum Gasteiger partial charge on any atom is -0.361 e. The molecule has 3 N–H and O–H groups in total. The maximum atomic E-state index is 12.0. The summed E-state index contributed by atoms with van der Waals surface area (Å²) in [5.41, 5.74) is 2.42. The van der Waals surface area contributed by atoms with Crippen LogP contribution in [0.5, 0.6) is 0 Å². The van der Waals surface area contributed by atoms with Gasteiger partial charge in [0.2, 0.25) is 5.91 Å². The molecule has 1 amide bonds. The molecule has 4 nitrogen and oxygen atoms in total. The molecule has 1 aliphatic rings. The van der Waals surface area contributed by atoms with Gasteiger partial charge in [0, 0.05) is 30.2 Å². The highest BCUT2D eigenvalue weighted by Gasteiger charge is 2.20. The molecule has 20 heavy (non-hydrogen) atoms. The lowest BCUT2D eigenvalue weighted by Gasteiger charge is -2.21. The molecule has 0 aliphatic carbocycles. The number of hydrogen-bond acceptors (Lipinski definition) is 2. The normalized spacial score (nSPS) is 19.1. The van der Waals surface area contributed by atoms with Crippen molar-refractivity contribution in [3.05, 3.63) is 36.0 Å². The molecular formula is C16H21N3O. The molecule has 1 fully saturated rings. The fourth-order valence-corrected chi connectivity index (χ4v) is 2.88. The lowest BCUT2D eigenvalue weighted by Crippen LogP contribution is -2.41. The van der Waals surface area contributed by atoms with Crippen LogP contribution < -0.4 is 10.6 Å². The molecule has 1 aliphatic heterocycles. The summed E-state index contributed by atoms with van der Waals surface area (Å²) in [6.07, 6.45) is 5.02. The van der Waals surface area contributed by atoms with Crippen LogP contribution in [0.4, 0.5) is 0 Å². The lowest BCUT2D eigenvalue weighted by molar-refractivity contribution is -0.125. The summed E-state index contributed by atoms with van der Waals surface area (Å²) in [4.78, 5) is 15.3. The number of hydrogen-bond donors (Lipinski definition) is 3. The highest BCUT2D eigenvalue weighted by Crippen LogP contribution is 2.17. The Morgan fingerprint density at radius 2 is 2.25 bits per heavy atom. The Morgan fingerprint density at radius 3 is 3.10 bits per heavy atom. The number of para-hydroxylation sites is 1. The van der Waals surface area contributed by atoms with Gasteiger partial charge in [-0.1, -0.05) is 18.2 Å². The number of H-pyrrole nitrogens is 1. The molecule has 0 spiro atoms. The van der Waals surface area contributed by atoms with E-state index in [9.17, 15) is 4.79 Å². The van der Waals surface area contributed by atoms with E-state index >= 15 is 0 Å². The summed E-state index contributed by atoms with van der Waals surface area (Å²) >= 11 is 0. The second-order valence-corrected chi connectivity index (χ2v) is 5.44. The average Bonchev–Trinajstić information content (AvgIpc) is 2.92. The van der Waals surface area contributed by atoms with Gasteiger partial charge >= 0.3 is 0 Å². The van der Waals surface area contributed by atoms with Crippen molar-refractivity contribution in [3.63, 3.8) is 0 Å². The van der Waals surface area contributed by atoms with Gasteiger partial charge in [0.15, 0.2) is 0 Å². The number of benzene rings is 1. The Kier molecular flexibility index (Phi) is 4.02. The van der Waals surface area contributed by atoms with Crippen molar-refractivity contribution in [2.45, 2.75) is 19.3 Å². The molecule has 1 saturated heterocycles. The van der Waals surface area contributed by atoms with Gasteiger partial charge in [0.1, 0.15) is 0 Å². The molecule has 3 rings (SSSR count). The zero-order chi connectivity index (χ0) is 13.8. The summed E-state index contributed by atoms with van der Waals surface area (Å²) in [5.74, 6) is 0.337. The van der Waals surface area contributed by atoms with E-state index < -0.39 is 0 Å². The van der Waals surface area contributed by atoms with E-state index in [-0.39, 0.29) is 11.8 Å². The summed E-state index contributed by atoms with van der Waals surface area (Å²) in [6, 6.07) is 8.27. The fraction of sp³-hybridized carbons (Fsp3) is 0.438. The molecule has 0 saturated carbocycles. The van der Waals surface area contributed by atoms with E-state index in [4.69, 9.17) is 0 Å². The number of carbonyl (C=O) groups excluding carboxylic acids is 1. The van der Waals surface area contributed by atoms with Crippen LogP contribution in [0.2, 0.25) is 0 Å². The minimum atomic E-state index is 0.145. The van der Waals surface area contributed by atoms with Gasteiger partial charge in [-0.3, -0.25) is 4.79 Å². The van der Waals surface area contributed by atoms with Crippen molar-refractivity contribution >= 4 is 16.8 Å². The van der Waals surface area contributed by atoms with Crippen molar-refractivity contribution in [2.24, 2.45) is 5.92 Å². The molecule has 0 bridgehead atoms. The Bertz CT molecular complexity index is 584. The van der Waals surface area contributed by atoms with Gasteiger partial charge in [-0.15, -0.1) is 0 Å². The first-order valence-corrected chi connectivity index (χ1v) is 7.38. The van der Waals surface area contributed by atoms with Crippen molar-refractivity contribution in [2.75, 3.05) is 19.6 Å². The number of amides is 1. The van der Waals surface area contributed by atoms with Crippen LogP contribution in [-0.2, 0) is 11.2 Å². The molecule has 1 aromatic carbocycles. The van der Waals surface area contributed by atoms with Crippen LogP contribution in [0, 0.1) is 5.92 Å². The van der Waals surface area contributed by atoms with Crippen molar-refractivity contribution in [1.29, 1.82) is 0 Å². The molecule has 106 valence electrons. The maximum absolute atomic E-state index is 12.0. The summed E-state index contributed by atoms with van der Waals surface area (Å²) in [5, 5.41) is 7.59. The first kappa shape index (κ1) is 13.2.